The number of hydrogen-bond donors (Lipinski definition) is 0. The first kappa shape index (κ1) is 46.1. The predicted molar refractivity (Wildman–Crippen MR) is 294 cm³/mol. The summed E-state index contributed by atoms with van der Waals surface area (Å²) in [6, 6.07) is 67.8. The molecule has 0 aliphatic carbocycles. The third-order valence-corrected chi connectivity index (χ3v) is 14.1. The van der Waals surface area contributed by atoms with Gasteiger partial charge in [-0.15, -0.1) is 0 Å². The Morgan fingerprint density at radius 2 is 0.789 bits per heavy atom. The molecule has 0 amide bonds. The van der Waals surface area contributed by atoms with Crippen molar-refractivity contribution < 1.29 is 13.2 Å². The van der Waals surface area contributed by atoms with E-state index in [2.05, 4.69) is 27.9 Å². The summed E-state index contributed by atoms with van der Waals surface area (Å²) in [5.74, 6) is 0. The fraction of sp³-hybridized carbons (Fsp3) is 0.0152. The third kappa shape index (κ3) is 7.49. The molecule has 10 heteroatoms. The van der Waals surface area contributed by atoms with Gasteiger partial charge in [0.25, 0.3) is 0 Å². The number of nitriles is 3. The van der Waals surface area contributed by atoms with Crippen LogP contribution < -0.4 is 0 Å². The molecule has 0 spiro atoms. The number of halogens is 3. The van der Waals surface area contributed by atoms with E-state index >= 15 is 13.2 Å². The molecule has 0 radical (unpaired) electrons. The molecular weight excluding hydrogens is 948 g/mol. The number of benzene rings is 10. The molecule has 0 saturated carbocycles. The molecule has 0 bridgehead atoms. The van der Waals surface area contributed by atoms with Crippen molar-refractivity contribution in [3.63, 3.8) is 0 Å². The lowest BCUT2D eigenvalue weighted by Crippen LogP contribution is -2.12. The number of nitrogens with zero attached hydrogens (tertiary/aromatic N) is 7. The van der Waals surface area contributed by atoms with Gasteiger partial charge in [0.05, 0.1) is 87.0 Å². The Hall–Kier alpha value is -11.0. The van der Waals surface area contributed by atoms with Crippen LogP contribution in [0.4, 0.5) is 24.5 Å². The zero-order valence-corrected chi connectivity index (χ0v) is 39.9. The van der Waals surface area contributed by atoms with E-state index in [0.29, 0.717) is 88.8 Å². The summed E-state index contributed by atoms with van der Waals surface area (Å²) in [5, 5.41) is 33.7. The number of rotatable bonds is 7. The molecule has 354 valence electrons. The van der Waals surface area contributed by atoms with Crippen LogP contribution in [0.25, 0.3) is 120 Å². The van der Waals surface area contributed by atoms with E-state index in [-0.39, 0.29) is 16.8 Å². The Kier molecular flexibility index (Phi) is 11.1. The van der Waals surface area contributed by atoms with E-state index in [1.165, 1.54) is 6.07 Å². The summed E-state index contributed by atoms with van der Waals surface area (Å²) in [7, 11) is 0. The number of hydrogen-bond acceptors (Lipinski definition) is 3. The lowest BCUT2D eigenvalue weighted by atomic mass is 9.95. The van der Waals surface area contributed by atoms with Crippen molar-refractivity contribution >= 4 is 55.0 Å². The van der Waals surface area contributed by atoms with Gasteiger partial charge in [-0.05, 0) is 129 Å². The quantitative estimate of drug-likeness (QED) is 0.149. The highest BCUT2D eigenvalue weighted by molar-refractivity contribution is 6.14. The average molecular weight is 982 g/mol. The topological polar surface area (TPSA) is 90.0 Å². The molecule has 0 N–H and O–H groups in total. The Bertz CT molecular complexity index is 4420. The minimum Gasteiger partial charge on any atom is -0.309 e. The SMILES string of the molecule is [C-]#[N+]c1ccccc1-c1ccc2c(c1)c1cc(-c3ccccc3C#N)ccc1n2-c1ccc(C#N)cc1-c1cccc(C(F)(F)F)c1-n1c2ccc(-c3ccccc3C#N)cc2c2cc(-c3ccccc3[N+]#[C-])ccc21. The number of fused-ring (bicyclic) bond motifs is 6. The van der Waals surface area contributed by atoms with Gasteiger partial charge in [-0.25, -0.2) is 9.69 Å². The van der Waals surface area contributed by atoms with Crippen LogP contribution in [0.1, 0.15) is 22.3 Å². The van der Waals surface area contributed by atoms with Gasteiger partial charge >= 0.3 is 6.18 Å². The van der Waals surface area contributed by atoms with Crippen LogP contribution >= 0.6 is 0 Å². The molecule has 0 fully saturated rings. The van der Waals surface area contributed by atoms with Crippen molar-refractivity contribution in [2.45, 2.75) is 6.18 Å². The van der Waals surface area contributed by atoms with Crippen LogP contribution in [-0.4, -0.2) is 9.13 Å². The molecule has 7 nitrogen and oxygen atoms in total. The normalized spacial score (nSPS) is 11.3. The fourth-order valence-corrected chi connectivity index (χ4v) is 10.8. The largest absolute Gasteiger partial charge is 0.418 e. The van der Waals surface area contributed by atoms with Crippen molar-refractivity contribution in [2.24, 2.45) is 0 Å². The monoisotopic (exact) mass is 981 g/mol. The maximum Gasteiger partial charge on any atom is 0.418 e. The summed E-state index contributed by atoms with van der Waals surface area (Å²) in [5.41, 5.74) is 10.0. The molecule has 0 unspecified atom stereocenters. The maximum absolute atomic E-state index is 16.1. The van der Waals surface area contributed by atoms with E-state index in [1.807, 2.05) is 126 Å². The summed E-state index contributed by atoms with van der Waals surface area (Å²) in [6.07, 6.45) is -4.87. The second-order valence-electron chi connectivity index (χ2n) is 18.2. The van der Waals surface area contributed by atoms with Crippen LogP contribution in [0, 0.1) is 47.1 Å². The molecule has 0 saturated heterocycles. The Morgan fingerprint density at radius 3 is 1.22 bits per heavy atom. The molecule has 2 heterocycles. The zero-order chi connectivity index (χ0) is 52.2. The van der Waals surface area contributed by atoms with Gasteiger partial charge < -0.3 is 9.13 Å². The minimum absolute atomic E-state index is 0.167. The first-order chi connectivity index (χ1) is 37.1. The van der Waals surface area contributed by atoms with Gasteiger partial charge in [0.1, 0.15) is 0 Å². The van der Waals surface area contributed by atoms with Gasteiger partial charge in [0.2, 0.25) is 0 Å². The standard InChI is InChI=1S/C66H34F3N7/c1-73-58-20-9-7-16-49(58)43-25-29-62-54(35-43)53-33-41(47-14-5-3-12-45(47)38-71)23-28-61(53)75(62)60-27-22-40(37-70)32-52(60)51-18-11-19-57(66(67,68)69)65(51)76-63-30-24-42(48-15-6-4-13-46(48)39-72)34-55(63)56-36-44(26-31-64(56)76)50-17-8-10-21-59(50)74-2/h3-36H. The molecule has 2 aromatic heterocycles. The lowest BCUT2D eigenvalue weighted by Gasteiger charge is -2.22. The highest BCUT2D eigenvalue weighted by Gasteiger charge is 2.37. The first-order valence-electron chi connectivity index (χ1n) is 24.0. The third-order valence-electron chi connectivity index (χ3n) is 14.1. The molecule has 0 aliphatic rings. The van der Waals surface area contributed by atoms with Crippen LogP contribution in [0.15, 0.2) is 206 Å². The maximum atomic E-state index is 16.1. The van der Waals surface area contributed by atoms with Crippen molar-refractivity contribution in [3.05, 3.63) is 251 Å². The van der Waals surface area contributed by atoms with E-state index in [1.54, 1.807) is 77.4 Å². The Labute approximate surface area is 433 Å². The summed E-state index contributed by atoms with van der Waals surface area (Å²) < 4.78 is 52.0. The van der Waals surface area contributed by atoms with Crippen LogP contribution in [0.5, 0.6) is 0 Å². The summed E-state index contributed by atoms with van der Waals surface area (Å²) >= 11 is 0. The molecule has 12 aromatic rings. The van der Waals surface area contributed by atoms with Gasteiger partial charge in [-0.2, -0.15) is 29.0 Å². The van der Waals surface area contributed by atoms with E-state index in [0.717, 1.165) is 39.1 Å². The number of alkyl halides is 3. The van der Waals surface area contributed by atoms with Gasteiger partial charge in [-0.1, -0.05) is 121 Å². The van der Waals surface area contributed by atoms with Crippen LogP contribution in [0.2, 0.25) is 0 Å². The van der Waals surface area contributed by atoms with Crippen molar-refractivity contribution in [2.75, 3.05) is 0 Å². The van der Waals surface area contributed by atoms with Gasteiger partial charge in [-0.3, -0.25) is 0 Å². The molecule has 12 rings (SSSR count). The number of para-hydroxylation sites is 3. The smallest absolute Gasteiger partial charge is 0.309 e. The lowest BCUT2D eigenvalue weighted by molar-refractivity contribution is -0.137. The molecule has 10 aromatic carbocycles. The fourth-order valence-electron chi connectivity index (χ4n) is 10.8. The van der Waals surface area contributed by atoms with Crippen molar-refractivity contribution in [1.29, 1.82) is 15.8 Å². The highest BCUT2D eigenvalue weighted by atomic mass is 19.4. The Balaban J connectivity index is 1.18. The first-order valence-corrected chi connectivity index (χ1v) is 24.0. The number of aromatic nitrogens is 2. The minimum atomic E-state index is -4.87. The Morgan fingerprint density at radius 1 is 0.382 bits per heavy atom. The van der Waals surface area contributed by atoms with Crippen molar-refractivity contribution in [3.8, 4) is 85.2 Å². The van der Waals surface area contributed by atoms with Crippen LogP contribution in [-0.2, 0) is 6.18 Å². The van der Waals surface area contributed by atoms with Crippen molar-refractivity contribution in [1.82, 2.24) is 9.13 Å². The van der Waals surface area contributed by atoms with Crippen LogP contribution in [0.3, 0.4) is 0 Å². The zero-order valence-electron chi connectivity index (χ0n) is 39.9. The van der Waals surface area contributed by atoms with E-state index < -0.39 is 11.7 Å². The van der Waals surface area contributed by atoms with E-state index in [4.69, 9.17) is 13.1 Å². The van der Waals surface area contributed by atoms with Gasteiger partial charge in [0, 0.05) is 32.7 Å². The predicted octanol–water partition coefficient (Wildman–Crippen LogP) is 18.0. The average Bonchev–Trinajstić information content (AvgIpc) is 4.10. The molecule has 0 aliphatic heterocycles. The highest BCUT2D eigenvalue weighted by Crippen LogP contribution is 2.48. The molecular formula is C66H34F3N7. The second kappa shape index (κ2) is 18.3. The summed E-state index contributed by atoms with van der Waals surface area (Å²) in [4.78, 5) is 7.57. The van der Waals surface area contributed by atoms with E-state index in [9.17, 15) is 15.8 Å². The second-order valence-corrected chi connectivity index (χ2v) is 18.2. The molecule has 76 heavy (non-hydrogen) atoms. The van der Waals surface area contributed by atoms with Gasteiger partial charge in [0.15, 0.2) is 11.4 Å². The molecule has 0 atom stereocenters. The summed E-state index contributed by atoms with van der Waals surface area (Å²) in [6.45, 7) is 15.9.